The first-order valence-corrected chi connectivity index (χ1v) is 8.60. The Labute approximate surface area is 163 Å². The van der Waals surface area contributed by atoms with Gasteiger partial charge in [-0.05, 0) is 45.0 Å². The molecule has 6 heteroatoms. The van der Waals surface area contributed by atoms with Gasteiger partial charge in [-0.1, -0.05) is 25.3 Å². The fraction of sp³-hybridized carbons (Fsp3) is 0.611. The summed E-state index contributed by atoms with van der Waals surface area (Å²) in [6.07, 6.45) is 7.89. The number of halogens is 1. The van der Waals surface area contributed by atoms with Gasteiger partial charge in [0.2, 0.25) is 0 Å². The number of rotatable bonds is 7. The van der Waals surface area contributed by atoms with Crippen LogP contribution in [0.5, 0.6) is 5.75 Å². The van der Waals surface area contributed by atoms with E-state index in [-0.39, 0.29) is 24.0 Å². The Morgan fingerprint density at radius 2 is 2.08 bits per heavy atom. The molecule has 0 spiro atoms. The van der Waals surface area contributed by atoms with Crippen LogP contribution in [-0.2, 0) is 0 Å². The molecular weight excluding hydrogens is 415 g/mol. The Bertz CT molecular complexity index is 504. The smallest absolute Gasteiger partial charge is 0.193 e. The Morgan fingerprint density at radius 1 is 1.33 bits per heavy atom. The molecule has 136 valence electrons. The topological polar surface area (TPSA) is 62.9 Å². The predicted molar refractivity (Wildman–Crippen MR) is 113 cm³/mol. The summed E-state index contributed by atoms with van der Waals surface area (Å²) in [6, 6.07) is 8.44. The Kier molecular flexibility index (Phi) is 10.1. The monoisotopic (exact) mass is 446 g/mol. The van der Waals surface area contributed by atoms with Crippen LogP contribution < -0.4 is 15.8 Å². The molecular formula is C18H31IN4O. The SMILES string of the molecule is COc1cccc(NC(N)=NCCCN(C)C2CCCCC2)c1.I. The minimum absolute atomic E-state index is 0. The minimum Gasteiger partial charge on any atom is -0.497 e. The van der Waals surface area contributed by atoms with Crippen molar-refractivity contribution in [2.24, 2.45) is 10.7 Å². The summed E-state index contributed by atoms with van der Waals surface area (Å²) >= 11 is 0. The summed E-state index contributed by atoms with van der Waals surface area (Å²) in [4.78, 5) is 6.89. The highest BCUT2D eigenvalue weighted by molar-refractivity contribution is 14.0. The molecule has 1 aromatic carbocycles. The van der Waals surface area contributed by atoms with Crippen molar-refractivity contribution in [3.63, 3.8) is 0 Å². The highest BCUT2D eigenvalue weighted by Crippen LogP contribution is 2.21. The summed E-state index contributed by atoms with van der Waals surface area (Å²) in [5, 5.41) is 3.10. The molecule has 0 aromatic heterocycles. The molecule has 0 radical (unpaired) electrons. The van der Waals surface area contributed by atoms with Gasteiger partial charge in [-0.2, -0.15) is 0 Å². The number of ether oxygens (including phenoxy) is 1. The number of methoxy groups -OCH3 is 1. The summed E-state index contributed by atoms with van der Waals surface area (Å²) in [5.74, 6) is 1.26. The average Bonchev–Trinajstić information content (AvgIpc) is 2.59. The van der Waals surface area contributed by atoms with Crippen molar-refractivity contribution >= 4 is 35.6 Å². The number of benzene rings is 1. The molecule has 0 saturated heterocycles. The van der Waals surface area contributed by atoms with E-state index in [1.807, 2.05) is 24.3 Å². The first kappa shape index (κ1) is 21.0. The molecule has 24 heavy (non-hydrogen) atoms. The highest BCUT2D eigenvalue weighted by atomic mass is 127. The van der Waals surface area contributed by atoms with Gasteiger partial charge in [0.25, 0.3) is 0 Å². The van der Waals surface area contributed by atoms with Crippen LogP contribution in [0.25, 0.3) is 0 Å². The van der Waals surface area contributed by atoms with E-state index in [4.69, 9.17) is 10.5 Å². The van der Waals surface area contributed by atoms with Gasteiger partial charge in [0, 0.05) is 24.3 Å². The maximum absolute atomic E-state index is 5.94. The van der Waals surface area contributed by atoms with Gasteiger partial charge >= 0.3 is 0 Å². The fourth-order valence-corrected chi connectivity index (χ4v) is 3.11. The third-order valence-corrected chi connectivity index (χ3v) is 4.49. The zero-order valence-corrected chi connectivity index (χ0v) is 17.2. The van der Waals surface area contributed by atoms with E-state index in [0.717, 1.165) is 37.0 Å². The molecule has 0 unspecified atom stereocenters. The molecule has 5 nitrogen and oxygen atoms in total. The molecule has 1 aliphatic carbocycles. The molecule has 0 atom stereocenters. The standard InChI is InChI=1S/C18H30N4O.HI/c1-22(16-9-4-3-5-10-16)13-7-12-20-18(19)21-15-8-6-11-17(14-15)23-2;/h6,8,11,14,16H,3-5,7,9-10,12-13H2,1-2H3,(H3,19,20,21);1H. The van der Waals surface area contributed by atoms with Gasteiger partial charge in [-0.3, -0.25) is 4.99 Å². The lowest BCUT2D eigenvalue weighted by atomic mass is 9.94. The van der Waals surface area contributed by atoms with E-state index >= 15 is 0 Å². The van der Waals surface area contributed by atoms with E-state index in [9.17, 15) is 0 Å². The van der Waals surface area contributed by atoms with Gasteiger partial charge < -0.3 is 20.7 Å². The molecule has 1 saturated carbocycles. The summed E-state index contributed by atoms with van der Waals surface area (Å²) in [6.45, 7) is 1.83. The number of aliphatic imine (C=N–C) groups is 1. The van der Waals surface area contributed by atoms with E-state index in [1.165, 1.54) is 32.1 Å². The van der Waals surface area contributed by atoms with Gasteiger partial charge in [0.05, 0.1) is 7.11 Å². The second-order valence-electron chi connectivity index (χ2n) is 6.25. The number of nitrogens with one attached hydrogen (secondary N) is 1. The van der Waals surface area contributed by atoms with Crippen molar-refractivity contribution in [1.82, 2.24) is 4.90 Å². The fourth-order valence-electron chi connectivity index (χ4n) is 3.11. The maximum Gasteiger partial charge on any atom is 0.193 e. The van der Waals surface area contributed by atoms with Crippen LogP contribution in [0.1, 0.15) is 38.5 Å². The second kappa shape index (κ2) is 11.5. The Morgan fingerprint density at radius 3 is 2.79 bits per heavy atom. The lowest BCUT2D eigenvalue weighted by molar-refractivity contribution is 0.191. The number of nitrogens with zero attached hydrogens (tertiary/aromatic N) is 2. The number of hydrogen-bond donors (Lipinski definition) is 2. The number of guanidine groups is 1. The van der Waals surface area contributed by atoms with Crippen LogP contribution in [-0.4, -0.2) is 44.1 Å². The van der Waals surface area contributed by atoms with Gasteiger partial charge in [-0.25, -0.2) is 0 Å². The third-order valence-electron chi connectivity index (χ3n) is 4.49. The number of hydrogen-bond acceptors (Lipinski definition) is 3. The van der Waals surface area contributed by atoms with Crippen LogP contribution in [0.4, 0.5) is 5.69 Å². The molecule has 1 aliphatic rings. The van der Waals surface area contributed by atoms with Gasteiger partial charge in [-0.15, -0.1) is 24.0 Å². The Balaban J connectivity index is 0.00000288. The van der Waals surface area contributed by atoms with E-state index < -0.39 is 0 Å². The van der Waals surface area contributed by atoms with E-state index in [1.54, 1.807) is 7.11 Å². The Hall–Kier alpha value is -1.02. The van der Waals surface area contributed by atoms with E-state index in [2.05, 4.69) is 22.3 Å². The summed E-state index contributed by atoms with van der Waals surface area (Å²) < 4.78 is 5.19. The number of nitrogens with two attached hydrogens (primary N) is 1. The lowest BCUT2D eigenvalue weighted by Gasteiger charge is -2.30. The normalized spacial score (nSPS) is 15.9. The zero-order valence-electron chi connectivity index (χ0n) is 14.8. The quantitative estimate of drug-likeness (QED) is 0.290. The first-order chi connectivity index (χ1) is 11.2. The van der Waals surface area contributed by atoms with Gasteiger partial charge in [0.1, 0.15) is 5.75 Å². The lowest BCUT2D eigenvalue weighted by Crippen LogP contribution is -2.34. The first-order valence-electron chi connectivity index (χ1n) is 8.60. The molecule has 1 fully saturated rings. The highest BCUT2D eigenvalue weighted by Gasteiger charge is 2.17. The summed E-state index contributed by atoms with van der Waals surface area (Å²) in [7, 11) is 3.89. The minimum atomic E-state index is 0. The van der Waals surface area contributed by atoms with Crippen LogP contribution >= 0.6 is 24.0 Å². The maximum atomic E-state index is 5.94. The van der Waals surface area contributed by atoms with Crippen molar-refractivity contribution in [3.05, 3.63) is 24.3 Å². The van der Waals surface area contributed by atoms with Gasteiger partial charge in [0.15, 0.2) is 5.96 Å². The third kappa shape index (κ3) is 7.25. The van der Waals surface area contributed by atoms with Crippen molar-refractivity contribution in [2.45, 2.75) is 44.6 Å². The predicted octanol–water partition coefficient (Wildman–Crippen LogP) is 3.69. The van der Waals surface area contributed by atoms with E-state index in [0.29, 0.717) is 5.96 Å². The summed E-state index contributed by atoms with van der Waals surface area (Å²) in [5.41, 5.74) is 6.83. The van der Waals surface area contributed by atoms with Crippen molar-refractivity contribution in [3.8, 4) is 5.75 Å². The molecule has 3 N–H and O–H groups in total. The second-order valence-corrected chi connectivity index (χ2v) is 6.25. The zero-order chi connectivity index (χ0) is 16.5. The average molecular weight is 446 g/mol. The van der Waals surface area contributed by atoms with Crippen molar-refractivity contribution in [1.29, 1.82) is 0 Å². The molecule has 0 aliphatic heterocycles. The largest absolute Gasteiger partial charge is 0.497 e. The molecule has 0 bridgehead atoms. The van der Waals surface area contributed by atoms with Crippen LogP contribution in [0.3, 0.4) is 0 Å². The van der Waals surface area contributed by atoms with Crippen molar-refractivity contribution in [2.75, 3.05) is 32.6 Å². The number of anilines is 1. The molecule has 1 aromatic rings. The van der Waals surface area contributed by atoms with Crippen LogP contribution in [0, 0.1) is 0 Å². The van der Waals surface area contributed by atoms with Crippen molar-refractivity contribution < 1.29 is 4.74 Å². The van der Waals surface area contributed by atoms with Crippen LogP contribution in [0.15, 0.2) is 29.3 Å². The van der Waals surface area contributed by atoms with Crippen LogP contribution in [0.2, 0.25) is 0 Å². The molecule has 2 rings (SSSR count). The molecule has 0 heterocycles. The molecule has 0 amide bonds.